The van der Waals surface area contributed by atoms with E-state index in [4.69, 9.17) is 9.47 Å². The van der Waals surface area contributed by atoms with E-state index in [-0.39, 0.29) is 24.0 Å². The summed E-state index contributed by atoms with van der Waals surface area (Å²) in [6.07, 6.45) is 0. The second kappa shape index (κ2) is 7.41. The van der Waals surface area contributed by atoms with Gasteiger partial charge >= 0.3 is 0 Å². The molecular formula is C14H14N2O5S. The van der Waals surface area contributed by atoms with Crippen LogP contribution in [0.1, 0.15) is 4.88 Å². The zero-order valence-electron chi connectivity index (χ0n) is 11.8. The predicted octanol–water partition coefficient (Wildman–Crippen LogP) is 2.36. The van der Waals surface area contributed by atoms with Gasteiger partial charge in [0.15, 0.2) is 18.1 Å². The van der Waals surface area contributed by atoms with Crippen molar-refractivity contribution in [3.63, 3.8) is 0 Å². The van der Waals surface area contributed by atoms with Crippen molar-refractivity contribution in [1.82, 2.24) is 5.32 Å². The zero-order valence-corrected chi connectivity index (χ0v) is 12.6. The Morgan fingerprint density at radius 1 is 1.36 bits per heavy atom. The van der Waals surface area contributed by atoms with E-state index < -0.39 is 4.92 Å². The Labute approximate surface area is 130 Å². The van der Waals surface area contributed by atoms with Crippen LogP contribution in [0, 0.1) is 10.1 Å². The van der Waals surface area contributed by atoms with E-state index in [2.05, 4.69) is 5.32 Å². The van der Waals surface area contributed by atoms with Crippen LogP contribution in [0.2, 0.25) is 0 Å². The zero-order chi connectivity index (χ0) is 15.9. The molecule has 0 bridgehead atoms. The molecule has 8 heteroatoms. The van der Waals surface area contributed by atoms with E-state index in [0.717, 1.165) is 4.88 Å². The van der Waals surface area contributed by atoms with Crippen molar-refractivity contribution in [2.24, 2.45) is 0 Å². The first-order valence-electron chi connectivity index (χ1n) is 6.34. The molecule has 2 rings (SSSR count). The van der Waals surface area contributed by atoms with E-state index in [0.29, 0.717) is 12.3 Å². The van der Waals surface area contributed by atoms with Crippen LogP contribution in [-0.2, 0) is 11.3 Å². The number of nitro benzene ring substituents is 1. The molecule has 0 spiro atoms. The van der Waals surface area contributed by atoms with Gasteiger partial charge in [0, 0.05) is 10.9 Å². The Kier molecular flexibility index (Phi) is 5.31. The number of non-ortho nitro benzene ring substituents is 1. The van der Waals surface area contributed by atoms with Gasteiger partial charge in [0.05, 0.1) is 24.6 Å². The molecule has 7 nitrogen and oxygen atoms in total. The van der Waals surface area contributed by atoms with Crippen molar-refractivity contribution in [1.29, 1.82) is 0 Å². The molecule has 1 amide bonds. The highest BCUT2D eigenvalue weighted by atomic mass is 32.1. The van der Waals surface area contributed by atoms with Gasteiger partial charge in [-0.2, -0.15) is 0 Å². The average Bonchev–Trinajstić information content (AvgIpc) is 3.03. The van der Waals surface area contributed by atoms with Gasteiger partial charge in [-0.1, -0.05) is 6.07 Å². The molecule has 116 valence electrons. The minimum absolute atomic E-state index is 0.130. The molecule has 0 saturated heterocycles. The maximum absolute atomic E-state index is 11.7. The van der Waals surface area contributed by atoms with Crippen LogP contribution in [-0.4, -0.2) is 24.5 Å². The molecule has 0 unspecified atom stereocenters. The number of hydrogen-bond acceptors (Lipinski definition) is 6. The first-order chi connectivity index (χ1) is 10.6. The van der Waals surface area contributed by atoms with E-state index in [1.54, 1.807) is 11.3 Å². The number of ether oxygens (including phenoxy) is 2. The van der Waals surface area contributed by atoms with Crippen molar-refractivity contribution in [3.8, 4) is 11.5 Å². The van der Waals surface area contributed by atoms with E-state index in [1.165, 1.54) is 25.3 Å². The number of rotatable bonds is 7. The molecule has 1 aromatic heterocycles. The third-order valence-electron chi connectivity index (χ3n) is 2.76. The highest BCUT2D eigenvalue weighted by Crippen LogP contribution is 2.30. The summed E-state index contributed by atoms with van der Waals surface area (Å²) in [7, 11) is 1.42. The van der Waals surface area contributed by atoms with Crippen LogP contribution in [0.3, 0.4) is 0 Å². The molecule has 0 radical (unpaired) electrons. The van der Waals surface area contributed by atoms with Crippen molar-refractivity contribution in [2.75, 3.05) is 13.7 Å². The number of nitrogens with zero attached hydrogens (tertiary/aromatic N) is 1. The number of benzene rings is 1. The molecule has 1 heterocycles. The molecule has 0 aliphatic rings. The van der Waals surface area contributed by atoms with Gasteiger partial charge in [-0.3, -0.25) is 14.9 Å². The van der Waals surface area contributed by atoms with Gasteiger partial charge in [-0.25, -0.2) is 0 Å². The fourth-order valence-corrected chi connectivity index (χ4v) is 2.33. The third-order valence-corrected chi connectivity index (χ3v) is 3.63. The van der Waals surface area contributed by atoms with E-state index >= 15 is 0 Å². The molecule has 0 atom stereocenters. The summed E-state index contributed by atoms with van der Waals surface area (Å²) in [6.45, 7) is 0.175. The second-order valence-corrected chi connectivity index (χ2v) is 5.27. The third kappa shape index (κ3) is 4.19. The molecule has 2 aromatic rings. The number of thiophene rings is 1. The summed E-state index contributed by atoms with van der Waals surface area (Å²) >= 11 is 1.54. The monoisotopic (exact) mass is 322 g/mol. The first kappa shape index (κ1) is 15.8. The maximum atomic E-state index is 11.7. The highest BCUT2D eigenvalue weighted by molar-refractivity contribution is 7.09. The van der Waals surface area contributed by atoms with Gasteiger partial charge in [-0.05, 0) is 17.5 Å². The fraction of sp³-hybridized carbons (Fsp3) is 0.214. The van der Waals surface area contributed by atoms with Gasteiger partial charge in [-0.15, -0.1) is 11.3 Å². The van der Waals surface area contributed by atoms with E-state index in [1.807, 2.05) is 17.5 Å². The number of nitro groups is 1. The maximum Gasteiger partial charge on any atom is 0.273 e. The largest absolute Gasteiger partial charge is 0.493 e. The molecule has 0 saturated carbocycles. The number of nitrogens with one attached hydrogen (secondary N) is 1. The molecule has 22 heavy (non-hydrogen) atoms. The standard InChI is InChI=1S/C14H14N2O5S/c1-20-12-5-4-10(16(18)19)7-13(12)21-9-14(17)15-8-11-3-2-6-22-11/h2-7H,8-9H2,1H3,(H,15,17). The lowest BCUT2D eigenvalue weighted by Crippen LogP contribution is -2.28. The lowest BCUT2D eigenvalue weighted by atomic mass is 10.3. The van der Waals surface area contributed by atoms with Crippen molar-refractivity contribution in [3.05, 3.63) is 50.7 Å². The fourth-order valence-electron chi connectivity index (χ4n) is 1.68. The van der Waals surface area contributed by atoms with Crippen LogP contribution in [0.5, 0.6) is 11.5 Å². The number of methoxy groups -OCH3 is 1. The average molecular weight is 322 g/mol. The van der Waals surface area contributed by atoms with Crippen molar-refractivity contribution >= 4 is 22.9 Å². The smallest absolute Gasteiger partial charge is 0.273 e. The Bertz CT molecular complexity index is 657. The van der Waals surface area contributed by atoms with Gasteiger partial charge in [0.25, 0.3) is 11.6 Å². The normalized spacial score (nSPS) is 10.0. The van der Waals surface area contributed by atoms with Crippen LogP contribution < -0.4 is 14.8 Å². The van der Waals surface area contributed by atoms with Crippen LogP contribution in [0.15, 0.2) is 35.7 Å². The lowest BCUT2D eigenvalue weighted by Gasteiger charge is -2.10. The summed E-state index contributed by atoms with van der Waals surface area (Å²) in [5.41, 5.74) is -0.130. The Balaban J connectivity index is 1.93. The Hall–Kier alpha value is -2.61. The topological polar surface area (TPSA) is 90.7 Å². The number of hydrogen-bond donors (Lipinski definition) is 1. The molecule has 1 N–H and O–H groups in total. The molecule has 1 aromatic carbocycles. The van der Waals surface area contributed by atoms with Gasteiger partial charge in [0.2, 0.25) is 0 Å². The van der Waals surface area contributed by atoms with Crippen molar-refractivity contribution in [2.45, 2.75) is 6.54 Å². The van der Waals surface area contributed by atoms with Gasteiger partial charge in [0.1, 0.15) is 0 Å². The van der Waals surface area contributed by atoms with Gasteiger partial charge < -0.3 is 14.8 Å². The summed E-state index contributed by atoms with van der Waals surface area (Å²) in [5, 5.41) is 15.4. The first-order valence-corrected chi connectivity index (χ1v) is 7.22. The predicted molar refractivity (Wildman–Crippen MR) is 81.3 cm³/mol. The van der Waals surface area contributed by atoms with Crippen molar-refractivity contribution < 1.29 is 19.2 Å². The minimum atomic E-state index is -0.539. The molecule has 0 fully saturated rings. The Morgan fingerprint density at radius 3 is 2.82 bits per heavy atom. The number of carbonyl (C=O) groups is 1. The summed E-state index contributed by atoms with van der Waals surface area (Å²) < 4.78 is 10.4. The number of amides is 1. The Morgan fingerprint density at radius 2 is 2.18 bits per heavy atom. The minimum Gasteiger partial charge on any atom is -0.493 e. The molecular weight excluding hydrogens is 308 g/mol. The summed E-state index contributed by atoms with van der Waals surface area (Å²) in [6, 6.07) is 7.77. The van der Waals surface area contributed by atoms with Crippen LogP contribution in [0.4, 0.5) is 5.69 Å². The second-order valence-electron chi connectivity index (χ2n) is 4.24. The summed E-state index contributed by atoms with van der Waals surface area (Å²) in [5.74, 6) is 0.168. The quantitative estimate of drug-likeness (QED) is 0.624. The number of carbonyl (C=O) groups excluding carboxylic acids is 1. The van der Waals surface area contributed by atoms with Crippen LogP contribution in [0.25, 0.3) is 0 Å². The highest BCUT2D eigenvalue weighted by Gasteiger charge is 2.13. The van der Waals surface area contributed by atoms with E-state index in [9.17, 15) is 14.9 Å². The molecule has 0 aliphatic carbocycles. The lowest BCUT2D eigenvalue weighted by molar-refractivity contribution is -0.385. The van der Waals surface area contributed by atoms with Crippen LogP contribution >= 0.6 is 11.3 Å². The molecule has 0 aliphatic heterocycles. The summed E-state index contributed by atoms with van der Waals surface area (Å²) in [4.78, 5) is 23.0. The SMILES string of the molecule is COc1ccc([N+](=O)[O-])cc1OCC(=O)NCc1cccs1.